The summed E-state index contributed by atoms with van der Waals surface area (Å²) in [4.78, 5) is 12.8. The van der Waals surface area contributed by atoms with E-state index in [2.05, 4.69) is 40.3 Å². The van der Waals surface area contributed by atoms with E-state index in [4.69, 9.17) is 0 Å². The van der Waals surface area contributed by atoms with Crippen molar-refractivity contribution < 1.29 is 0 Å². The first-order valence-corrected chi connectivity index (χ1v) is 6.95. The molecule has 3 rings (SSSR count). The molecule has 3 heterocycles. The number of aryl methyl sites for hydroxylation is 1. The molecule has 0 aliphatic carbocycles. The van der Waals surface area contributed by atoms with Gasteiger partial charge in [0.25, 0.3) is 0 Å². The van der Waals surface area contributed by atoms with Crippen LogP contribution in [-0.2, 0) is 6.54 Å². The Hall–Kier alpha value is -2.64. The lowest BCUT2D eigenvalue weighted by molar-refractivity contribution is 0.621. The van der Waals surface area contributed by atoms with Crippen LogP contribution < -0.4 is 10.6 Å². The number of imidazole rings is 1. The number of H-pyrrole nitrogens is 1. The molecular formula is C13H18N8. The number of nitrogens with zero attached hydrogens (tertiary/aromatic N) is 5. The van der Waals surface area contributed by atoms with Gasteiger partial charge < -0.3 is 15.2 Å². The zero-order chi connectivity index (χ0) is 14.5. The van der Waals surface area contributed by atoms with E-state index in [1.54, 1.807) is 19.4 Å². The SMILES string of the molecule is CNc1nc(NCCCCn2ccnc2)c2cn[nH]c2n1. The fourth-order valence-electron chi connectivity index (χ4n) is 2.13. The molecule has 3 N–H and O–H groups in total. The summed E-state index contributed by atoms with van der Waals surface area (Å²) in [6.07, 6.45) is 9.49. The van der Waals surface area contributed by atoms with Crippen molar-refractivity contribution in [3.63, 3.8) is 0 Å². The normalized spacial score (nSPS) is 10.9. The van der Waals surface area contributed by atoms with Gasteiger partial charge in [-0.05, 0) is 12.8 Å². The summed E-state index contributed by atoms with van der Waals surface area (Å²) in [5.41, 5.74) is 0.732. The first kappa shape index (κ1) is 13.3. The highest BCUT2D eigenvalue weighted by molar-refractivity contribution is 5.86. The predicted octanol–water partition coefficient (Wildman–Crippen LogP) is 1.48. The van der Waals surface area contributed by atoms with Crippen molar-refractivity contribution in [3.8, 4) is 0 Å². The molecule has 0 unspecified atom stereocenters. The van der Waals surface area contributed by atoms with Crippen molar-refractivity contribution in [1.82, 2.24) is 29.7 Å². The van der Waals surface area contributed by atoms with Gasteiger partial charge in [0.2, 0.25) is 5.95 Å². The minimum Gasteiger partial charge on any atom is -0.369 e. The van der Waals surface area contributed by atoms with E-state index in [1.165, 1.54) is 0 Å². The van der Waals surface area contributed by atoms with Crippen molar-refractivity contribution in [2.75, 3.05) is 24.2 Å². The smallest absolute Gasteiger partial charge is 0.226 e. The monoisotopic (exact) mass is 286 g/mol. The number of fused-ring (bicyclic) bond motifs is 1. The molecule has 21 heavy (non-hydrogen) atoms. The first-order valence-electron chi connectivity index (χ1n) is 6.95. The second kappa shape index (κ2) is 6.21. The second-order valence-corrected chi connectivity index (χ2v) is 4.71. The molecular weight excluding hydrogens is 268 g/mol. The molecule has 0 radical (unpaired) electrons. The topological polar surface area (TPSA) is 96.3 Å². The van der Waals surface area contributed by atoms with Crippen LogP contribution in [0.4, 0.5) is 11.8 Å². The molecule has 0 bridgehead atoms. The Kier molecular flexibility index (Phi) is 3.95. The van der Waals surface area contributed by atoms with Crippen LogP contribution in [-0.4, -0.2) is 43.3 Å². The molecule has 0 amide bonds. The zero-order valence-electron chi connectivity index (χ0n) is 11.9. The van der Waals surface area contributed by atoms with Crippen LogP contribution in [0.2, 0.25) is 0 Å². The summed E-state index contributed by atoms with van der Waals surface area (Å²) >= 11 is 0. The lowest BCUT2D eigenvalue weighted by Gasteiger charge is -2.08. The van der Waals surface area contributed by atoms with Gasteiger partial charge in [0.15, 0.2) is 5.65 Å². The highest BCUT2D eigenvalue weighted by Crippen LogP contribution is 2.19. The third kappa shape index (κ3) is 3.10. The number of hydrogen-bond acceptors (Lipinski definition) is 6. The van der Waals surface area contributed by atoms with Crippen LogP contribution >= 0.6 is 0 Å². The minimum atomic E-state index is 0.577. The van der Waals surface area contributed by atoms with Gasteiger partial charge in [0.05, 0.1) is 17.9 Å². The second-order valence-electron chi connectivity index (χ2n) is 4.71. The third-order valence-corrected chi connectivity index (χ3v) is 3.23. The molecule has 0 aliphatic heterocycles. The van der Waals surface area contributed by atoms with Crippen LogP contribution in [0.1, 0.15) is 12.8 Å². The lowest BCUT2D eigenvalue weighted by Crippen LogP contribution is -2.07. The number of aromatic nitrogens is 6. The van der Waals surface area contributed by atoms with Crippen molar-refractivity contribution >= 4 is 22.8 Å². The molecule has 0 fully saturated rings. The van der Waals surface area contributed by atoms with Crippen LogP contribution in [0.5, 0.6) is 0 Å². The molecule has 0 spiro atoms. The molecule has 8 heteroatoms. The number of anilines is 2. The van der Waals surface area contributed by atoms with Gasteiger partial charge in [-0.15, -0.1) is 0 Å². The molecule has 110 valence electrons. The van der Waals surface area contributed by atoms with Gasteiger partial charge in [-0.3, -0.25) is 5.10 Å². The van der Waals surface area contributed by atoms with Crippen LogP contribution in [0.3, 0.4) is 0 Å². The van der Waals surface area contributed by atoms with Crippen molar-refractivity contribution in [2.24, 2.45) is 0 Å². The maximum atomic E-state index is 4.43. The predicted molar refractivity (Wildman–Crippen MR) is 81.2 cm³/mol. The average Bonchev–Trinajstić information content (AvgIpc) is 3.17. The van der Waals surface area contributed by atoms with E-state index in [1.807, 2.05) is 12.5 Å². The molecule has 0 saturated carbocycles. The molecule has 0 atom stereocenters. The fraction of sp³-hybridized carbons (Fsp3) is 0.385. The fourth-order valence-corrected chi connectivity index (χ4v) is 2.13. The molecule has 0 saturated heterocycles. The Labute approximate surface area is 122 Å². The Bertz CT molecular complexity index is 687. The van der Waals surface area contributed by atoms with E-state index in [9.17, 15) is 0 Å². The number of rotatable bonds is 7. The third-order valence-electron chi connectivity index (χ3n) is 3.23. The largest absolute Gasteiger partial charge is 0.369 e. The van der Waals surface area contributed by atoms with E-state index in [0.29, 0.717) is 5.95 Å². The minimum absolute atomic E-state index is 0.577. The highest BCUT2D eigenvalue weighted by atomic mass is 15.2. The lowest BCUT2D eigenvalue weighted by atomic mass is 10.3. The number of unbranched alkanes of at least 4 members (excludes halogenated alkanes) is 1. The molecule has 3 aromatic heterocycles. The Morgan fingerprint density at radius 1 is 1.29 bits per heavy atom. The Morgan fingerprint density at radius 2 is 2.24 bits per heavy atom. The van der Waals surface area contributed by atoms with Gasteiger partial charge in [-0.1, -0.05) is 0 Å². The van der Waals surface area contributed by atoms with Gasteiger partial charge in [0, 0.05) is 32.5 Å². The van der Waals surface area contributed by atoms with Crippen molar-refractivity contribution in [2.45, 2.75) is 19.4 Å². The summed E-state index contributed by atoms with van der Waals surface area (Å²) in [6, 6.07) is 0. The van der Waals surface area contributed by atoms with Crippen molar-refractivity contribution in [1.29, 1.82) is 0 Å². The van der Waals surface area contributed by atoms with Crippen LogP contribution in [0.15, 0.2) is 24.9 Å². The highest BCUT2D eigenvalue weighted by Gasteiger charge is 2.08. The summed E-state index contributed by atoms with van der Waals surface area (Å²) in [7, 11) is 1.80. The van der Waals surface area contributed by atoms with Gasteiger partial charge in [-0.2, -0.15) is 15.1 Å². The zero-order valence-corrected chi connectivity index (χ0v) is 11.9. The van der Waals surface area contributed by atoms with Crippen LogP contribution in [0, 0.1) is 0 Å². The summed E-state index contributed by atoms with van der Waals surface area (Å²) in [6.45, 7) is 1.84. The average molecular weight is 286 g/mol. The molecule has 3 aromatic rings. The summed E-state index contributed by atoms with van der Waals surface area (Å²) in [5, 5.41) is 14.1. The van der Waals surface area contributed by atoms with Crippen molar-refractivity contribution in [3.05, 3.63) is 24.9 Å². The van der Waals surface area contributed by atoms with Gasteiger partial charge in [0.1, 0.15) is 5.82 Å². The van der Waals surface area contributed by atoms with E-state index in [0.717, 1.165) is 42.8 Å². The Balaban J connectivity index is 1.56. The quantitative estimate of drug-likeness (QED) is 0.569. The van der Waals surface area contributed by atoms with E-state index in [-0.39, 0.29) is 0 Å². The van der Waals surface area contributed by atoms with Gasteiger partial charge in [-0.25, -0.2) is 4.98 Å². The number of hydrogen-bond donors (Lipinski definition) is 3. The molecule has 0 aromatic carbocycles. The van der Waals surface area contributed by atoms with Crippen LogP contribution in [0.25, 0.3) is 11.0 Å². The summed E-state index contributed by atoms with van der Waals surface area (Å²) in [5.74, 6) is 1.38. The molecule has 0 aliphatic rings. The Morgan fingerprint density at radius 3 is 3.05 bits per heavy atom. The molecule has 8 nitrogen and oxygen atoms in total. The standard InChI is InChI=1S/C13H18N8/c1-14-13-18-11(10-8-17-20-12(10)19-13)16-4-2-3-6-21-7-5-15-9-21/h5,7-9H,2-4,6H2,1H3,(H3,14,16,17,18,19,20). The van der Waals surface area contributed by atoms with E-state index < -0.39 is 0 Å². The van der Waals surface area contributed by atoms with Gasteiger partial charge >= 0.3 is 0 Å². The van der Waals surface area contributed by atoms with E-state index >= 15 is 0 Å². The number of nitrogens with one attached hydrogen (secondary N) is 3. The maximum Gasteiger partial charge on any atom is 0.226 e. The number of aromatic amines is 1. The first-order chi connectivity index (χ1) is 10.4. The maximum absolute atomic E-state index is 4.43. The summed E-state index contributed by atoms with van der Waals surface area (Å²) < 4.78 is 2.08.